The van der Waals surface area contributed by atoms with E-state index in [-0.39, 0.29) is 30.5 Å². The predicted octanol–water partition coefficient (Wildman–Crippen LogP) is 0.986. The molecule has 1 aromatic carbocycles. The first-order valence-corrected chi connectivity index (χ1v) is 9.50. The first-order chi connectivity index (χ1) is 15.5. The predicted molar refractivity (Wildman–Crippen MR) is 111 cm³/mol. The summed E-state index contributed by atoms with van der Waals surface area (Å²) in [5.74, 6) is 4.21. The Hall–Kier alpha value is -3.78. The SMILES string of the molecule is NNNC(N)CNc1nc(-c2cc(-c3ccon3)n(Cc3ccccc3F)n2)ncc1F. The Morgan fingerprint density at radius 1 is 1.12 bits per heavy atom. The molecule has 0 fully saturated rings. The van der Waals surface area contributed by atoms with E-state index >= 15 is 0 Å². The van der Waals surface area contributed by atoms with Gasteiger partial charge in [0.25, 0.3) is 0 Å². The minimum atomic E-state index is -0.663. The van der Waals surface area contributed by atoms with Crippen LogP contribution in [-0.2, 0) is 6.54 Å². The number of benzene rings is 1. The van der Waals surface area contributed by atoms with Crippen LogP contribution in [0, 0.1) is 11.6 Å². The molecule has 166 valence electrons. The van der Waals surface area contributed by atoms with Crippen molar-refractivity contribution in [3.63, 3.8) is 0 Å². The van der Waals surface area contributed by atoms with Gasteiger partial charge in [0.1, 0.15) is 23.5 Å². The van der Waals surface area contributed by atoms with Gasteiger partial charge < -0.3 is 15.6 Å². The molecule has 1 unspecified atom stereocenters. The van der Waals surface area contributed by atoms with Crippen LogP contribution in [0.4, 0.5) is 14.6 Å². The second kappa shape index (κ2) is 9.57. The normalized spacial score (nSPS) is 12.1. The van der Waals surface area contributed by atoms with Gasteiger partial charge in [-0.1, -0.05) is 23.4 Å². The molecule has 1 atom stereocenters. The molecule has 0 saturated heterocycles. The fraction of sp³-hybridized carbons (Fsp3) is 0.158. The molecule has 4 aromatic rings. The molecule has 0 aliphatic heterocycles. The van der Waals surface area contributed by atoms with Crippen molar-refractivity contribution in [2.45, 2.75) is 12.7 Å². The van der Waals surface area contributed by atoms with Crippen molar-refractivity contribution in [1.29, 1.82) is 0 Å². The maximum absolute atomic E-state index is 14.2. The number of hydrazine groups is 2. The Bertz CT molecular complexity index is 1180. The third-order valence-electron chi connectivity index (χ3n) is 4.49. The first kappa shape index (κ1) is 21.5. The van der Waals surface area contributed by atoms with Gasteiger partial charge in [-0.25, -0.2) is 24.2 Å². The van der Waals surface area contributed by atoms with Crippen molar-refractivity contribution in [2.24, 2.45) is 11.6 Å². The molecule has 0 saturated carbocycles. The first-order valence-electron chi connectivity index (χ1n) is 9.50. The van der Waals surface area contributed by atoms with Crippen LogP contribution < -0.4 is 27.9 Å². The molecule has 0 radical (unpaired) electrons. The smallest absolute Gasteiger partial charge is 0.183 e. The molecule has 0 aliphatic carbocycles. The average Bonchev–Trinajstić information content (AvgIpc) is 3.45. The van der Waals surface area contributed by atoms with Gasteiger partial charge in [-0.3, -0.25) is 10.5 Å². The molecule has 32 heavy (non-hydrogen) atoms. The van der Waals surface area contributed by atoms with Crippen molar-refractivity contribution in [3.05, 3.63) is 66.1 Å². The summed E-state index contributed by atoms with van der Waals surface area (Å²) in [7, 11) is 0. The topological polar surface area (TPSA) is 158 Å². The highest BCUT2D eigenvalue weighted by atomic mass is 19.1. The van der Waals surface area contributed by atoms with Crippen LogP contribution in [0.15, 0.2) is 53.4 Å². The van der Waals surface area contributed by atoms with E-state index in [4.69, 9.17) is 16.1 Å². The van der Waals surface area contributed by atoms with Crippen molar-refractivity contribution in [3.8, 4) is 22.9 Å². The zero-order valence-electron chi connectivity index (χ0n) is 16.7. The second-order valence-electron chi connectivity index (χ2n) is 6.71. The fourth-order valence-corrected chi connectivity index (χ4v) is 2.96. The third-order valence-corrected chi connectivity index (χ3v) is 4.49. The van der Waals surface area contributed by atoms with Crippen molar-refractivity contribution in [1.82, 2.24) is 35.9 Å². The Morgan fingerprint density at radius 3 is 2.72 bits per heavy atom. The molecule has 3 heterocycles. The number of rotatable bonds is 9. The minimum Gasteiger partial charge on any atom is -0.365 e. The van der Waals surface area contributed by atoms with Crippen LogP contribution in [0.3, 0.4) is 0 Å². The summed E-state index contributed by atoms with van der Waals surface area (Å²) in [6, 6.07) is 9.69. The summed E-state index contributed by atoms with van der Waals surface area (Å²) in [6.45, 7) is 0.261. The van der Waals surface area contributed by atoms with Crippen LogP contribution in [0.25, 0.3) is 22.9 Å². The molecule has 11 nitrogen and oxygen atoms in total. The van der Waals surface area contributed by atoms with Crippen LogP contribution in [-0.4, -0.2) is 37.6 Å². The summed E-state index contributed by atoms with van der Waals surface area (Å²) in [5.41, 5.74) is 12.3. The highest BCUT2D eigenvalue weighted by Gasteiger charge is 2.18. The average molecular weight is 442 g/mol. The maximum atomic E-state index is 14.2. The van der Waals surface area contributed by atoms with Gasteiger partial charge in [0.05, 0.1) is 24.6 Å². The van der Waals surface area contributed by atoms with Crippen molar-refractivity contribution < 1.29 is 13.3 Å². The Labute approximate surface area is 180 Å². The number of nitrogens with two attached hydrogens (primary N) is 2. The number of nitrogens with one attached hydrogen (secondary N) is 3. The number of hydrogen-bond acceptors (Lipinski definition) is 10. The van der Waals surface area contributed by atoms with Crippen molar-refractivity contribution in [2.75, 3.05) is 11.9 Å². The molecule has 0 bridgehead atoms. The van der Waals surface area contributed by atoms with Gasteiger partial charge in [0.2, 0.25) is 0 Å². The lowest BCUT2D eigenvalue weighted by Crippen LogP contribution is -2.52. The monoisotopic (exact) mass is 442 g/mol. The zero-order chi connectivity index (χ0) is 22.5. The number of nitrogens with zero attached hydrogens (tertiary/aromatic N) is 5. The van der Waals surface area contributed by atoms with E-state index in [0.717, 1.165) is 6.20 Å². The van der Waals surface area contributed by atoms with Gasteiger partial charge >= 0.3 is 0 Å². The van der Waals surface area contributed by atoms with E-state index in [1.807, 2.05) is 0 Å². The molecule has 7 N–H and O–H groups in total. The molecule has 13 heteroatoms. The van der Waals surface area contributed by atoms with Gasteiger partial charge in [-0.05, 0) is 12.1 Å². The van der Waals surface area contributed by atoms with E-state index in [1.54, 1.807) is 35.0 Å². The maximum Gasteiger partial charge on any atom is 0.183 e. The Morgan fingerprint density at radius 2 is 1.97 bits per heavy atom. The van der Waals surface area contributed by atoms with Crippen molar-refractivity contribution >= 4 is 5.82 Å². The van der Waals surface area contributed by atoms with Crippen LogP contribution in [0.2, 0.25) is 0 Å². The molecule has 0 amide bonds. The van der Waals surface area contributed by atoms with Gasteiger partial charge in [0, 0.05) is 18.2 Å². The highest BCUT2D eigenvalue weighted by molar-refractivity contribution is 5.63. The number of halogens is 2. The number of aromatic nitrogens is 5. The van der Waals surface area contributed by atoms with Crippen LogP contribution in [0.1, 0.15) is 5.56 Å². The van der Waals surface area contributed by atoms with Gasteiger partial charge in [-0.15, -0.1) is 0 Å². The summed E-state index contributed by atoms with van der Waals surface area (Å²) in [5, 5.41) is 11.2. The summed E-state index contributed by atoms with van der Waals surface area (Å²) >= 11 is 0. The Balaban J connectivity index is 1.67. The quantitative estimate of drug-likeness (QED) is 0.144. The van der Waals surface area contributed by atoms with E-state index in [2.05, 4.69) is 36.5 Å². The molecule has 0 aliphatic rings. The number of hydrogen-bond donors (Lipinski definition) is 5. The summed E-state index contributed by atoms with van der Waals surface area (Å²) in [6.07, 6.45) is 1.84. The van der Waals surface area contributed by atoms with E-state index in [0.29, 0.717) is 22.6 Å². The van der Waals surface area contributed by atoms with E-state index < -0.39 is 12.0 Å². The van der Waals surface area contributed by atoms with E-state index in [9.17, 15) is 8.78 Å². The second-order valence-corrected chi connectivity index (χ2v) is 6.71. The van der Waals surface area contributed by atoms with Crippen LogP contribution in [0.5, 0.6) is 0 Å². The lowest BCUT2D eigenvalue weighted by atomic mass is 10.2. The van der Waals surface area contributed by atoms with Crippen LogP contribution >= 0.6 is 0 Å². The minimum absolute atomic E-state index is 0.0593. The summed E-state index contributed by atoms with van der Waals surface area (Å²) < 4.78 is 34.9. The lowest BCUT2D eigenvalue weighted by molar-refractivity contribution is 0.421. The zero-order valence-corrected chi connectivity index (χ0v) is 16.7. The molecule has 3 aromatic heterocycles. The molecule has 4 rings (SSSR count). The van der Waals surface area contributed by atoms with Gasteiger partial charge in [-0.2, -0.15) is 10.6 Å². The standard InChI is InChI=1S/C19H20F2N10O/c20-12-4-2-1-3-11(12)10-31-16(14-5-6-32-29-14)7-15(28-31)19-24-8-13(21)18(26-19)25-9-17(22)27-30-23/h1-8,17,27,30H,9-10,22-23H2,(H,24,25,26). The summed E-state index contributed by atoms with van der Waals surface area (Å²) in [4.78, 5) is 8.24. The third kappa shape index (κ3) is 4.76. The lowest BCUT2D eigenvalue weighted by Gasteiger charge is -2.14. The molecular formula is C19H20F2N10O. The fourth-order valence-electron chi connectivity index (χ4n) is 2.96. The highest BCUT2D eigenvalue weighted by Crippen LogP contribution is 2.25. The van der Waals surface area contributed by atoms with E-state index in [1.165, 1.54) is 12.3 Å². The number of anilines is 1. The molecular weight excluding hydrogens is 422 g/mol. The van der Waals surface area contributed by atoms with Gasteiger partial charge in [0.15, 0.2) is 17.5 Å². The largest absolute Gasteiger partial charge is 0.365 e. The Kier molecular flexibility index (Phi) is 6.42. The molecule has 0 spiro atoms.